The quantitative estimate of drug-likeness (QED) is 0.921. The van der Waals surface area contributed by atoms with E-state index in [1.165, 1.54) is 4.31 Å². The van der Waals surface area contributed by atoms with Gasteiger partial charge < -0.3 is 5.32 Å². The van der Waals surface area contributed by atoms with Gasteiger partial charge in [-0.2, -0.15) is 4.31 Å². The normalized spacial score (nSPS) is 20.3. The van der Waals surface area contributed by atoms with Crippen molar-refractivity contribution in [1.82, 2.24) is 9.62 Å². The SMILES string of the molecule is CCN(C1CCCNC1)S(=O)(=O)c1ccc(F)c(F)c1. The predicted molar refractivity (Wildman–Crippen MR) is 71.8 cm³/mol. The first-order valence-electron chi connectivity index (χ1n) is 6.64. The van der Waals surface area contributed by atoms with Crippen molar-refractivity contribution in [2.24, 2.45) is 0 Å². The zero-order valence-corrected chi connectivity index (χ0v) is 12.1. The van der Waals surface area contributed by atoms with Crippen LogP contribution in [-0.4, -0.2) is 38.4 Å². The lowest BCUT2D eigenvalue weighted by molar-refractivity contribution is 0.274. The molecule has 1 aliphatic heterocycles. The van der Waals surface area contributed by atoms with Crippen molar-refractivity contribution in [2.45, 2.75) is 30.7 Å². The molecule has 1 aromatic carbocycles. The lowest BCUT2D eigenvalue weighted by Crippen LogP contribution is -2.48. The summed E-state index contributed by atoms with van der Waals surface area (Å²) >= 11 is 0. The highest BCUT2D eigenvalue weighted by Crippen LogP contribution is 2.22. The highest BCUT2D eigenvalue weighted by Gasteiger charge is 2.31. The molecule has 1 saturated heterocycles. The topological polar surface area (TPSA) is 49.4 Å². The van der Waals surface area contributed by atoms with Crippen LogP contribution in [-0.2, 0) is 10.0 Å². The van der Waals surface area contributed by atoms with Gasteiger partial charge in [-0.3, -0.25) is 0 Å². The van der Waals surface area contributed by atoms with Gasteiger partial charge in [0.1, 0.15) is 0 Å². The number of hydrogen-bond donors (Lipinski definition) is 1. The Morgan fingerprint density at radius 1 is 1.35 bits per heavy atom. The molecule has 2 rings (SSSR count). The summed E-state index contributed by atoms with van der Waals surface area (Å²) in [6, 6.07) is 2.54. The fraction of sp³-hybridized carbons (Fsp3) is 0.538. The Morgan fingerprint density at radius 2 is 2.10 bits per heavy atom. The van der Waals surface area contributed by atoms with E-state index in [1.54, 1.807) is 6.92 Å². The maximum atomic E-state index is 13.2. The van der Waals surface area contributed by atoms with Crippen LogP contribution in [0.5, 0.6) is 0 Å². The van der Waals surface area contributed by atoms with E-state index in [-0.39, 0.29) is 10.9 Å². The number of sulfonamides is 1. The summed E-state index contributed by atoms with van der Waals surface area (Å²) in [4.78, 5) is -0.205. The Hall–Kier alpha value is -1.05. The van der Waals surface area contributed by atoms with Crippen molar-refractivity contribution in [3.8, 4) is 0 Å². The minimum absolute atomic E-state index is 0.146. The van der Waals surface area contributed by atoms with Gasteiger partial charge in [-0.15, -0.1) is 0 Å². The van der Waals surface area contributed by atoms with Gasteiger partial charge in [-0.25, -0.2) is 17.2 Å². The number of benzene rings is 1. The van der Waals surface area contributed by atoms with E-state index in [0.717, 1.165) is 37.6 Å². The van der Waals surface area contributed by atoms with Crippen LogP contribution >= 0.6 is 0 Å². The maximum absolute atomic E-state index is 13.2. The number of likely N-dealkylation sites (N-methyl/N-ethyl adjacent to an activating group) is 1. The average molecular weight is 304 g/mol. The van der Waals surface area contributed by atoms with Gasteiger partial charge >= 0.3 is 0 Å². The molecule has 0 spiro atoms. The molecular weight excluding hydrogens is 286 g/mol. The summed E-state index contributed by atoms with van der Waals surface area (Å²) in [7, 11) is -3.80. The number of piperidine rings is 1. The van der Waals surface area contributed by atoms with Gasteiger partial charge in [0, 0.05) is 19.1 Å². The van der Waals surface area contributed by atoms with Crippen LogP contribution in [0.25, 0.3) is 0 Å². The number of nitrogens with one attached hydrogen (secondary N) is 1. The minimum Gasteiger partial charge on any atom is -0.315 e. The predicted octanol–water partition coefficient (Wildman–Crippen LogP) is 1.73. The van der Waals surface area contributed by atoms with E-state index < -0.39 is 21.7 Å². The smallest absolute Gasteiger partial charge is 0.243 e. The molecule has 1 aliphatic rings. The molecule has 0 aliphatic carbocycles. The third-order valence-electron chi connectivity index (χ3n) is 3.49. The van der Waals surface area contributed by atoms with Crippen LogP contribution in [0.1, 0.15) is 19.8 Å². The second-order valence-corrected chi connectivity index (χ2v) is 6.68. The third-order valence-corrected chi connectivity index (χ3v) is 5.51. The monoisotopic (exact) mass is 304 g/mol. The molecule has 0 radical (unpaired) electrons. The second kappa shape index (κ2) is 6.15. The molecule has 7 heteroatoms. The molecular formula is C13H18F2N2O2S. The van der Waals surface area contributed by atoms with Crippen LogP contribution in [0.15, 0.2) is 23.1 Å². The van der Waals surface area contributed by atoms with E-state index >= 15 is 0 Å². The van der Waals surface area contributed by atoms with E-state index in [4.69, 9.17) is 0 Å². The standard InChI is InChI=1S/C13H18F2N2O2S/c1-2-17(10-4-3-7-16-9-10)20(18,19)11-5-6-12(14)13(15)8-11/h5-6,8,10,16H,2-4,7,9H2,1H3. The van der Waals surface area contributed by atoms with E-state index in [2.05, 4.69) is 5.32 Å². The zero-order valence-electron chi connectivity index (χ0n) is 11.3. The summed E-state index contributed by atoms with van der Waals surface area (Å²) < 4.78 is 52.6. The first-order valence-corrected chi connectivity index (χ1v) is 8.08. The second-order valence-electron chi connectivity index (χ2n) is 4.78. The molecule has 0 amide bonds. The van der Waals surface area contributed by atoms with Crippen molar-refractivity contribution < 1.29 is 17.2 Å². The molecule has 0 bridgehead atoms. The minimum atomic E-state index is -3.80. The average Bonchev–Trinajstić information content (AvgIpc) is 2.43. The zero-order chi connectivity index (χ0) is 14.8. The van der Waals surface area contributed by atoms with Crippen LogP contribution in [0, 0.1) is 11.6 Å². The highest BCUT2D eigenvalue weighted by molar-refractivity contribution is 7.89. The largest absolute Gasteiger partial charge is 0.315 e. The molecule has 1 unspecified atom stereocenters. The van der Waals surface area contributed by atoms with Crippen molar-refractivity contribution in [1.29, 1.82) is 0 Å². The fourth-order valence-corrected chi connectivity index (χ4v) is 4.15. The van der Waals surface area contributed by atoms with Crippen molar-refractivity contribution in [3.63, 3.8) is 0 Å². The first-order chi connectivity index (χ1) is 9.46. The molecule has 1 fully saturated rings. The molecule has 112 valence electrons. The summed E-state index contributed by atoms with van der Waals surface area (Å²) in [5.74, 6) is -2.20. The Labute approximate surface area is 117 Å². The molecule has 4 nitrogen and oxygen atoms in total. The van der Waals surface area contributed by atoms with Gasteiger partial charge in [0.05, 0.1) is 4.90 Å². The van der Waals surface area contributed by atoms with Gasteiger partial charge in [-0.05, 0) is 37.6 Å². The lowest BCUT2D eigenvalue weighted by atomic mass is 10.1. The number of rotatable bonds is 4. The lowest BCUT2D eigenvalue weighted by Gasteiger charge is -2.33. The first kappa shape index (κ1) is 15.3. The fourth-order valence-electron chi connectivity index (χ4n) is 2.48. The van der Waals surface area contributed by atoms with Crippen LogP contribution in [0.3, 0.4) is 0 Å². The summed E-state index contributed by atoms with van der Waals surface area (Å²) in [6.45, 7) is 3.50. The summed E-state index contributed by atoms with van der Waals surface area (Å²) in [5.41, 5.74) is 0. The molecule has 20 heavy (non-hydrogen) atoms. The number of halogens is 2. The number of hydrogen-bond acceptors (Lipinski definition) is 3. The molecule has 1 atom stereocenters. The van der Waals surface area contributed by atoms with Crippen molar-refractivity contribution >= 4 is 10.0 Å². The summed E-state index contributed by atoms with van der Waals surface area (Å²) in [5, 5.41) is 3.15. The molecule has 0 saturated carbocycles. The van der Waals surface area contributed by atoms with Crippen molar-refractivity contribution in [3.05, 3.63) is 29.8 Å². The summed E-state index contributed by atoms with van der Waals surface area (Å²) in [6.07, 6.45) is 1.66. The van der Waals surface area contributed by atoms with Crippen LogP contribution in [0.4, 0.5) is 8.78 Å². The third kappa shape index (κ3) is 2.99. The van der Waals surface area contributed by atoms with Gasteiger partial charge in [0.15, 0.2) is 11.6 Å². The van der Waals surface area contributed by atoms with Gasteiger partial charge in [0.2, 0.25) is 10.0 Å². The Morgan fingerprint density at radius 3 is 2.65 bits per heavy atom. The molecule has 1 aromatic rings. The van der Waals surface area contributed by atoms with Gasteiger partial charge in [0.25, 0.3) is 0 Å². The maximum Gasteiger partial charge on any atom is 0.243 e. The highest BCUT2D eigenvalue weighted by atomic mass is 32.2. The number of nitrogens with zero attached hydrogens (tertiary/aromatic N) is 1. The van der Waals surface area contributed by atoms with E-state index in [9.17, 15) is 17.2 Å². The van der Waals surface area contributed by atoms with Crippen LogP contribution < -0.4 is 5.32 Å². The van der Waals surface area contributed by atoms with E-state index in [1.807, 2.05) is 0 Å². The van der Waals surface area contributed by atoms with Gasteiger partial charge in [-0.1, -0.05) is 6.92 Å². The van der Waals surface area contributed by atoms with E-state index in [0.29, 0.717) is 13.1 Å². The molecule has 0 aromatic heterocycles. The van der Waals surface area contributed by atoms with Crippen LogP contribution in [0.2, 0.25) is 0 Å². The Kier molecular flexibility index (Phi) is 4.72. The Bertz CT molecular complexity index is 572. The Balaban J connectivity index is 2.32. The molecule has 1 heterocycles. The molecule has 1 N–H and O–H groups in total. The van der Waals surface area contributed by atoms with Crippen molar-refractivity contribution in [2.75, 3.05) is 19.6 Å².